The molecule has 0 heterocycles. The fourth-order valence-corrected chi connectivity index (χ4v) is 1.99. The smallest absolute Gasteiger partial charge is 0.329 e. The Balaban J connectivity index is 2.70. The first-order valence-corrected chi connectivity index (χ1v) is 5.70. The molecule has 1 amide bonds. The van der Waals surface area contributed by atoms with E-state index in [0.717, 1.165) is 12.8 Å². The SMILES string of the molecule is CC(C)C(N)C(=O)NC1(C(=O)O)CCCC1. The van der Waals surface area contributed by atoms with E-state index >= 15 is 0 Å². The Bertz CT molecular complexity index is 283. The lowest BCUT2D eigenvalue weighted by atomic mass is 9.96. The lowest BCUT2D eigenvalue weighted by molar-refractivity contribution is -0.147. The van der Waals surface area contributed by atoms with Gasteiger partial charge < -0.3 is 16.2 Å². The molecule has 1 fully saturated rings. The summed E-state index contributed by atoms with van der Waals surface area (Å²) >= 11 is 0. The highest BCUT2D eigenvalue weighted by molar-refractivity contribution is 5.89. The van der Waals surface area contributed by atoms with Crippen molar-refractivity contribution < 1.29 is 14.7 Å². The van der Waals surface area contributed by atoms with Crippen molar-refractivity contribution in [2.75, 3.05) is 0 Å². The van der Waals surface area contributed by atoms with E-state index in [-0.39, 0.29) is 11.8 Å². The molecule has 1 saturated carbocycles. The Kier molecular flexibility index (Phi) is 3.91. The maximum absolute atomic E-state index is 11.8. The minimum atomic E-state index is -1.08. The fraction of sp³-hybridized carbons (Fsp3) is 0.818. The van der Waals surface area contributed by atoms with Crippen LogP contribution in [-0.4, -0.2) is 28.6 Å². The van der Waals surface area contributed by atoms with E-state index in [0.29, 0.717) is 12.8 Å². The van der Waals surface area contributed by atoms with Crippen LogP contribution < -0.4 is 11.1 Å². The molecule has 0 aromatic carbocycles. The average Bonchev–Trinajstić information content (AvgIpc) is 2.66. The zero-order valence-corrected chi connectivity index (χ0v) is 9.82. The summed E-state index contributed by atoms with van der Waals surface area (Å²) in [6, 6.07) is -0.642. The first kappa shape index (κ1) is 13.0. The molecule has 92 valence electrons. The summed E-state index contributed by atoms with van der Waals surface area (Å²) in [6.07, 6.45) is 2.67. The fourth-order valence-electron chi connectivity index (χ4n) is 1.99. The molecule has 0 aliphatic heterocycles. The molecule has 0 bridgehead atoms. The van der Waals surface area contributed by atoms with Gasteiger partial charge in [0.2, 0.25) is 5.91 Å². The molecular formula is C11H20N2O3. The molecule has 1 aliphatic rings. The van der Waals surface area contributed by atoms with Crippen molar-refractivity contribution in [3.8, 4) is 0 Å². The highest BCUT2D eigenvalue weighted by Crippen LogP contribution is 2.30. The quantitative estimate of drug-likeness (QED) is 0.652. The van der Waals surface area contributed by atoms with Crippen LogP contribution in [0.1, 0.15) is 39.5 Å². The molecule has 16 heavy (non-hydrogen) atoms. The molecule has 0 saturated heterocycles. The molecule has 1 rings (SSSR count). The van der Waals surface area contributed by atoms with E-state index < -0.39 is 17.6 Å². The number of rotatable bonds is 4. The molecule has 0 aromatic rings. The number of carbonyl (C=O) groups is 2. The first-order chi connectivity index (χ1) is 7.39. The molecule has 4 N–H and O–H groups in total. The first-order valence-electron chi connectivity index (χ1n) is 5.70. The largest absolute Gasteiger partial charge is 0.480 e. The second-order valence-corrected chi connectivity index (χ2v) is 4.85. The van der Waals surface area contributed by atoms with Crippen LogP contribution in [0.2, 0.25) is 0 Å². The van der Waals surface area contributed by atoms with Crippen LogP contribution in [0.15, 0.2) is 0 Å². The second kappa shape index (κ2) is 4.82. The summed E-state index contributed by atoms with van der Waals surface area (Å²) < 4.78 is 0. The maximum Gasteiger partial charge on any atom is 0.329 e. The van der Waals surface area contributed by atoms with Crippen LogP contribution in [-0.2, 0) is 9.59 Å². The third-order valence-corrected chi connectivity index (χ3v) is 3.25. The molecule has 5 nitrogen and oxygen atoms in total. The molecule has 0 spiro atoms. The Morgan fingerprint density at radius 2 is 1.81 bits per heavy atom. The van der Waals surface area contributed by atoms with Crippen LogP contribution in [0.25, 0.3) is 0 Å². The number of nitrogens with one attached hydrogen (secondary N) is 1. The van der Waals surface area contributed by atoms with Gasteiger partial charge >= 0.3 is 5.97 Å². The van der Waals surface area contributed by atoms with Crippen molar-refractivity contribution in [1.82, 2.24) is 5.32 Å². The summed E-state index contributed by atoms with van der Waals surface area (Å²) in [6.45, 7) is 3.68. The van der Waals surface area contributed by atoms with Gasteiger partial charge in [0.05, 0.1) is 6.04 Å². The van der Waals surface area contributed by atoms with E-state index in [1.54, 1.807) is 0 Å². The van der Waals surface area contributed by atoms with Crippen LogP contribution in [0.4, 0.5) is 0 Å². The third-order valence-electron chi connectivity index (χ3n) is 3.25. The Labute approximate surface area is 95.4 Å². The van der Waals surface area contributed by atoms with Crippen molar-refractivity contribution in [3.05, 3.63) is 0 Å². The van der Waals surface area contributed by atoms with Crippen molar-refractivity contribution >= 4 is 11.9 Å². The predicted molar refractivity (Wildman–Crippen MR) is 59.8 cm³/mol. The van der Waals surface area contributed by atoms with Gasteiger partial charge in [0.1, 0.15) is 5.54 Å². The van der Waals surface area contributed by atoms with Crippen LogP contribution in [0.5, 0.6) is 0 Å². The normalized spacial score (nSPS) is 20.8. The van der Waals surface area contributed by atoms with E-state index in [1.807, 2.05) is 13.8 Å². The Hall–Kier alpha value is -1.10. The van der Waals surface area contributed by atoms with Gasteiger partial charge in [-0.3, -0.25) is 4.79 Å². The van der Waals surface area contributed by atoms with Gasteiger partial charge in [-0.1, -0.05) is 26.7 Å². The Morgan fingerprint density at radius 3 is 2.19 bits per heavy atom. The standard InChI is InChI=1S/C11H20N2O3/c1-7(2)8(12)9(14)13-11(10(15)16)5-3-4-6-11/h7-8H,3-6,12H2,1-2H3,(H,13,14)(H,15,16). The number of nitrogens with two attached hydrogens (primary N) is 1. The highest BCUT2D eigenvalue weighted by atomic mass is 16.4. The molecule has 5 heteroatoms. The molecule has 1 atom stereocenters. The zero-order chi connectivity index (χ0) is 12.3. The molecule has 1 unspecified atom stereocenters. The van der Waals surface area contributed by atoms with E-state index in [2.05, 4.69) is 5.32 Å². The summed E-state index contributed by atoms with van der Waals surface area (Å²) in [5.74, 6) is -1.30. The third kappa shape index (κ3) is 2.52. The van der Waals surface area contributed by atoms with Gasteiger partial charge in [-0.25, -0.2) is 4.79 Å². The minimum absolute atomic E-state index is 0.00671. The van der Waals surface area contributed by atoms with Crippen molar-refractivity contribution in [2.24, 2.45) is 11.7 Å². The van der Waals surface area contributed by atoms with Gasteiger partial charge in [-0.05, 0) is 18.8 Å². The second-order valence-electron chi connectivity index (χ2n) is 4.85. The summed E-state index contributed by atoms with van der Waals surface area (Å²) in [5.41, 5.74) is 4.61. The number of carbonyl (C=O) groups excluding carboxylic acids is 1. The minimum Gasteiger partial charge on any atom is -0.480 e. The monoisotopic (exact) mass is 228 g/mol. The number of hydrogen-bond donors (Lipinski definition) is 3. The molecular weight excluding hydrogens is 208 g/mol. The number of amides is 1. The summed E-state index contributed by atoms with van der Waals surface area (Å²) in [5, 5.41) is 11.8. The maximum atomic E-state index is 11.8. The van der Waals surface area contributed by atoms with Gasteiger partial charge in [0.25, 0.3) is 0 Å². The zero-order valence-electron chi connectivity index (χ0n) is 9.82. The molecule has 0 radical (unpaired) electrons. The number of carboxylic acid groups (broad SMARTS) is 1. The molecule has 0 aromatic heterocycles. The number of hydrogen-bond acceptors (Lipinski definition) is 3. The van der Waals surface area contributed by atoms with E-state index in [4.69, 9.17) is 5.73 Å². The summed E-state index contributed by atoms with van der Waals surface area (Å²) in [4.78, 5) is 22.9. The van der Waals surface area contributed by atoms with Crippen molar-refractivity contribution in [3.63, 3.8) is 0 Å². The van der Waals surface area contributed by atoms with Crippen molar-refractivity contribution in [1.29, 1.82) is 0 Å². The van der Waals surface area contributed by atoms with Gasteiger partial charge in [-0.15, -0.1) is 0 Å². The van der Waals surface area contributed by atoms with Crippen LogP contribution in [0.3, 0.4) is 0 Å². The van der Waals surface area contributed by atoms with Crippen molar-refractivity contribution in [2.45, 2.75) is 51.1 Å². The lowest BCUT2D eigenvalue weighted by Gasteiger charge is -2.27. The van der Waals surface area contributed by atoms with Crippen LogP contribution >= 0.6 is 0 Å². The number of aliphatic carboxylic acids is 1. The molecule has 1 aliphatic carbocycles. The average molecular weight is 228 g/mol. The Morgan fingerprint density at radius 1 is 1.31 bits per heavy atom. The summed E-state index contributed by atoms with van der Waals surface area (Å²) in [7, 11) is 0. The van der Waals surface area contributed by atoms with Gasteiger partial charge in [-0.2, -0.15) is 0 Å². The lowest BCUT2D eigenvalue weighted by Crippen LogP contribution is -2.57. The van der Waals surface area contributed by atoms with Gasteiger partial charge in [0, 0.05) is 0 Å². The topological polar surface area (TPSA) is 92.4 Å². The van der Waals surface area contributed by atoms with Gasteiger partial charge in [0.15, 0.2) is 0 Å². The highest BCUT2D eigenvalue weighted by Gasteiger charge is 2.43. The van der Waals surface area contributed by atoms with Crippen LogP contribution in [0, 0.1) is 5.92 Å². The predicted octanol–water partition coefficient (Wildman–Crippen LogP) is 0.483. The van der Waals surface area contributed by atoms with E-state index in [9.17, 15) is 14.7 Å². The number of carboxylic acids is 1. The van der Waals surface area contributed by atoms with E-state index in [1.165, 1.54) is 0 Å².